The summed E-state index contributed by atoms with van der Waals surface area (Å²) in [5.74, 6) is -2.78. The lowest BCUT2D eigenvalue weighted by Gasteiger charge is -2.12. The number of halogens is 2. The molecule has 4 nitrogen and oxygen atoms in total. The number of benzene rings is 2. The summed E-state index contributed by atoms with van der Waals surface area (Å²) < 4.78 is 13.7. The van der Waals surface area contributed by atoms with Crippen molar-refractivity contribution in [2.75, 3.05) is 0 Å². The van der Waals surface area contributed by atoms with Gasteiger partial charge >= 0.3 is 5.97 Å². The van der Waals surface area contributed by atoms with Crippen LogP contribution in [-0.4, -0.2) is 21.8 Å². The summed E-state index contributed by atoms with van der Waals surface area (Å²) in [6.45, 7) is 0. The summed E-state index contributed by atoms with van der Waals surface area (Å²) in [6, 6.07) is 11.2. The maximum Gasteiger partial charge on any atom is 0.311 e. The summed E-state index contributed by atoms with van der Waals surface area (Å²) in [5, 5.41) is 10.4. The predicted octanol–water partition coefficient (Wildman–Crippen LogP) is 4.35. The fraction of sp³-hybridized carbons (Fsp3) is 0.111. The molecule has 0 spiro atoms. The number of carbonyl (C=O) groups is 2. The predicted molar refractivity (Wildman–Crippen MR) is 96.7 cm³/mol. The quantitative estimate of drug-likeness (QED) is 0.461. The number of carboxylic acid groups (broad SMARTS) is 1. The van der Waals surface area contributed by atoms with Crippen molar-refractivity contribution in [1.82, 2.24) is 4.98 Å². The van der Waals surface area contributed by atoms with Gasteiger partial charge in [-0.1, -0.05) is 18.2 Å². The van der Waals surface area contributed by atoms with Gasteiger partial charge in [0.1, 0.15) is 5.82 Å². The van der Waals surface area contributed by atoms with Crippen molar-refractivity contribution < 1.29 is 19.1 Å². The smallest absolute Gasteiger partial charge is 0.311 e. The Kier molecular flexibility index (Phi) is 4.66. The first kappa shape index (κ1) is 16.6. The fourth-order valence-electron chi connectivity index (χ4n) is 2.72. The van der Waals surface area contributed by atoms with Crippen molar-refractivity contribution in [3.63, 3.8) is 0 Å². The standard InChI is InChI=1S/C18H13FINO3/c19-10-5-6-12(15(20)7-10)17(22)8-13(18(23)24)14-9-21-16-4-2-1-3-11(14)16/h1-7,9,13,21H,8H2,(H,23,24). The van der Waals surface area contributed by atoms with Gasteiger partial charge in [0, 0.05) is 32.7 Å². The average Bonchev–Trinajstić information content (AvgIpc) is 2.96. The lowest BCUT2D eigenvalue weighted by atomic mass is 9.91. The summed E-state index contributed by atoms with van der Waals surface area (Å²) in [5.41, 5.74) is 1.73. The van der Waals surface area contributed by atoms with Crippen molar-refractivity contribution in [3.05, 3.63) is 69.2 Å². The van der Waals surface area contributed by atoms with Gasteiger partial charge in [0.2, 0.25) is 0 Å². The molecule has 3 aromatic rings. The molecular formula is C18H13FINO3. The third kappa shape index (κ3) is 3.19. The Balaban J connectivity index is 1.95. The minimum atomic E-state index is -1.06. The SMILES string of the molecule is O=C(CC(C(=O)O)c1c[nH]c2ccccc12)c1ccc(F)cc1I. The first-order valence-corrected chi connectivity index (χ1v) is 8.32. The van der Waals surface area contributed by atoms with Crippen molar-refractivity contribution in [3.8, 4) is 0 Å². The Morgan fingerprint density at radius 1 is 1.21 bits per heavy atom. The molecule has 0 aliphatic heterocycles. The number of rotatable bonds is 5. The highest BCUT2D eigenvalue weighted by Gasteiger charge is 2.27. The third-order valence-corrected chi connectivity index (χ3v) is 4.81. The maximum atomic E-state index is 13.2. The highest BCUT2D eigenvalue weighted by Crippen LogP contribution is 2.30. The van der Waals surface area contributed by atoms with E-state index in [2.05, 4.69) is 4.98 Å². The van der Waals surface area contributed by atoms with Crippen molar-refractivity contribution in [2.45, 2.75) is 12.3 Å². The zero-order chi connectivity index (χ0) is 17.3. The highest BCUT2D eigenvalue weighted by atomic mass is 127. The largest absolute Gasteiger partial charge is 0.481 e. The number of carboxylic acids is 1. The number of nitrogens with one attached hydrogen (secondary N) is 1. The molecule has 0 bridgehead atoms. The Hall–Kier alpha value is -2.22. The van der Waals surface area contributed by atoms with E-state index >= 15 is 0 Å². The number of hydrogen-bond donors (Lipinski definition) is 2. The van der Waals surface area contributed by atoms with E-state index in [-0.39, 0.29) is 12.2 Å². The van der Waals surface area contributed by atoms with Crippen LogP contribution in [0.4, 0.5) is 4.39 Å². The molecular weight excluding hydrogens is 424 g/mol. The first-order chi connectivity index (χ1) is 11.5. The molecule has 1 atom stereocenters. The molecule has 0 saturated carbocycles. The van der Waals surface area contributed by atoms with E-state index in [1.807, 2.05) is 46.9 Å². The van der Waals surface area contributed by atoms with Gasteiger partial charge in [0.25, 0.3) is 0 Å². The second-order valence-corrected chi connectivity index (χ2v) is 6.59. The molecule has 0 aliphatic rings. The number of H-pyrrole nitrogens is 1. The molecule has 1 unspecified atom stereocenters. The Bertz CT molecular complexity index is 935. The maximum absolute atomic E-state index is 13.2. The van der Waals surface area contributed by atoms with Gasteiger partial charge in [-0.2, -0.15) is 0 Å². The number of ketones is 1. The highest BCUT2D eigenvalue weighted by molar-refractivity contribution is 14.1. The molecule has 3 rings (SSSR count). The van der Waals surface area contributed by atoms with E-state index in [4.69, 9.17) is 0 Å². The number of para-hydroxylation sites is 1. The molecule has 0 radical (unpaired) electrons. The van der Waals surface area contributed by atoms with Crippen LogP contribution in [0.1, 0.15) is 28.3 Å². The lowest BCUT2D eigenvalue weighted by molar-refractivity contribution is -0.138. The Morgan fingerprint density at radius 3 is 2.67 bits per heavy atom. The minimum absolute atomic E-state index is 0.182. The number of aliphatic carboxylic acids is 1. The monoisotopic (exact) mass is 437 g/mol. The summed E-state index contributed by atoms with van der Waals surface area (Å²) in [7, 11) is 0. The van der Waals surface area contributed by atoms with Gasteiger partial charge in [-0.05, 0) is 52.4 Å². The molecule has 1 aromatic heterocycles. The van der Waals surface area contributed by atoms with E-state index in [0.717, 1.165) is 10.9 Å². The molecule has 2 aromatic carbocycles. The van der Waals surface area contributed by atoms with Crippen LogP contribution in [0.5, 0.6) is 0 Å². The number of carbonyl (C=O) groups excluding carboxylic acids is 1. The number of aromatic nitrogens is 1. The number of fused-ring (bicyclic) bond motifs is 1. The fourth-order valence-corrected chi connectivity index (χ4v) is 3.50. The molecule has 0 fully saturated rings. The van der Waals surface area contributed by atoms with Crippen molar-refractivity contribution >= 4 is 45.2 Å². The van der Waals surface area contributed by atoms with Crippen LogP contribution in [0.25, 0.3) is 10.9 Å². The van der Waals surface area contributed by atoms with Crippen molar-refractivity contribution in [1.29, 1.82) is 0 Å². The van der Waals surface area contributed by atoms with Gasteiger partial charge in [0.05, 0.1) is 5.92 Å². The van der Waals surface area contributed by atoms with Gasteiger partial charge in [0.15, 0.2) is 5.78 Å². The van der Waals surface area contributed by atoms with Crippen LogP contribution in [0, 0.1) is 9.39 Å². The molecule has 1 heterocycles. The summed E-state index contributed by atoms with van der Waals surface area (Å²) >= 11 is 1.88. The number of Topliss-reactive ketones (excluding diaryl/α,β-unsaturated/α-hetero) is 1. The molecule has 24 heavy (non-hydrogen) atoms. The molecule has 0 amide bonds. The van der Waals surface area contributed by atoms with Gasteiger partial charge in [-0.25, -0.2) is 4.39 Å². The number of aromatic amines is 1. The van der Waals surface area contributed by atoms with E-state index in [0.29, 0.717) is 14.7 Å². The van der Waals surface area contributed by atoms with Crippen molar-refractivity contribution in [2.24, 2.45) is 0 Å². The topological polar surface area (TPSA) is 70.2 Å². The number of hydrogen-bond acceptors (Lipinski definition) is 2. The molecule has 122 valence electrons. The van der Waals surface area contributed by atoms with E-state index in [9.17, 15) is 19.1 Å². The first-order valence-electron chi connectivity index (χ1n) is 7.24. The van der Waals surface area contributed by atoms with Crippen LogP contribution >= 0.6 is 22.6 Å². The third-order valence-electron chi connectivity index (χ3n) is 3.92. The van der Waals surface area contributed by atoms with Crippen LogP contribution in [-0.2, 0) is 4.79 Å². The minimum Gasteiger partial charge on any atom is -0.481 e. The van der Waals surface area contributed by atoms with E-state index < -0.39 is 17.7 Å². The van der Waals surface area contributed by atoms with Crippen LogP contribution in [0.3, 0.4) is 0 Å². The van der Waals surface area contributed by atoms with E-state index in [1.54, 1.807) is 6.20 Å². The Labute approximate surface area is 150 Å². The summed E-state index contributed by atoms with van der Waals surface area (Å²) in [4.78, 5) is 27.3. The molecule has 0 saturated heterocycles. The second kappa shape index (κ2) is 6.72. The van der Waals surface area contributed by atoms with Gasteiger partial charge < -0.3 is 10.1 Å². The van der Waals surface area contributed by atoms with Crippen LogP contribution in [0.15, 0.2) is 48.7 Å². The second-order valence-electron chi connectivity index (χ2n) is 5.43. The average molecular weight is 437 g/mol. The summed E-state index contributed by atoms with van der Waals surface area (Å²) in [6.07, 6.45) is 1.45. The van der Waals surface area contributed by atoms with Gasteiger partial charge in [-0.15, -0.1) is 0 Å². The molecule has 2 N–H and O–H groups in total. The van der Waals surface area contributed by atoms with Crippen LogP contribution in [0.2, 0.25) is 0 Å². The zero-order valence-corrected chi connectivity index (χ0v) is 14.6. The van der Waals surface area contributed by atoms with Gasteiger partial charge in [-0.3, -0.25) is 9.59 Å². The van der Waals surface area contributed by atoms with E-state index in [1.165, 1.54) is 18.2 Å². The Morgan fingerprint density at radius 2 is 1.96 bits per heavy atom. The normalized spacial score (nSPS) is 12.2. The molecule has 6 heteroatoms. The zero-order valence-electron chi connectivity index (χ0n) is 12.4. The molecule has 0 aliphatic carbocycles. The lowest BCUT2D eigenvalue weighted by Crippen LogP contribution is -2.16. The van der Waals surface area contributed by atoms with Crippen LogP contribution < -0.4 is 0 Å².